The van der Waals surface area contributed by atoms with Crippen molar-refractivity contribution in [2.24, 2.45) is 7.05 Å². The maximum Gasteiger partial charge on any atom is 0.431 e. The van der Waals surface area contributed by atoms with E-state index < -0.39 is 35.3 Å². The highest BCUT2D eigenvalue weighted by Crippen LogP contribution is 2.36. The minimum absolute atomic E-state index is 0.0486. The lowest BCUT2D eigenvalue weighted by molar-refractivity contribution is -0.144. The van der Waals surface area contributed by atoms with Gasteiger partial charge >= 0.3 is 18.0 Å². The highest BCUT2D eigenvalue weighted by Gasteiger charge is 2.35. The summed E-state index contributed by atoms with van der Waals surface area (Å²) in [5.41, 5.74) is -3.13. The Bertz CT molecular complexity index is 1100. The second kappa shape index (κ2) is 8.48. The van der Waals surface area contributed by atoms with Crippen LogP contribution in [0.3, 0.4) is 0 Å². The summed E-state index contributed by atoms with van der Waals surface area (Å²) in [7, 11) is 0.942. The molecule has 1 unspecified atom stereocenters. The van der Waals surface area contributed by atoms with E-state index in [1.807, 2.05) is 13.8 Å². The Morgan fingerprint density at radius 1 is 1.23 bits per heavy atom. The first-order chi connectivity index (χ1) is 14.6. The van der Waals surface area contributed by atoms with E-state index in [-0.39, 0.29) is 5.69 Å². The third-order valence-electron chi connectivity index (χ3n) is 5.11. The van der Waals surface area contributed by atoms with E-state index in [1.54, 1.807) is 0 Å². The molecular formula is C20H22F3N3O5. The molecule has 0 bridgehead atoms. The van der Waals surface area contributed by atoms with Gasteiger partial charge in [0.2, 0.25) is 0 Å². The van der Waals surface area contributed by atoms with E-state index in [9.17, 15) is 27.6 Å². The Balaban J connectivity index is 2.05. The van der Waals surface area contributed by atoms with Crippen LogP contribution in [0.2, 0.25) is 0 Å². The zero-order valence-electron chi connectivity index (χ0n) is 17.2. The van der Waals surface area contributed by atoms with Crippen molar-refractivity contribution in [2.75, 3.05) is 19.7 Å². The standard InChI is InChI=1S/C20H22F3N3O5/c1-4-25(5-2)19(29)31-15-8-9-30-14-7-6-12(10-13(14)15)26-17(27)11-16(20(21,22)23)24(3)18(26)28/h6-7,10-11,15H,4-5,8-9H2,1-3H3. The number of alkyl halides is 3. The molecule has 0 saturated heterocycles. The number of benzene rings is 1. The predicted octanol–water partition coefficient (Wildman–Crippen LogP) is 2.86. The number of nitrogens with zero attached hydrogens (tertiary/aromatic N) is 3. The maximum absolute atomic E-state index is 13.1. The minimum Gasteiger partial charge on any atom is -0.493 e. The zero-order valence-corrected chi connectivity index (χ0v) is 17.2. The molecule has 0 aliphatic carbocycles. The lowest BCUT2D eigenvalue weighted by atomic mass is 10.0. The van der Waals surface area contributed by atoms with Crippen molar-refractivity contribution in [1.29, 1.82) is 0 Å². The zero-order chi connectivity index (χ0) is 22.9. The number of fused-ring (bicyclic) bond motifs is 1. The van der Waals surface area contributed by atoms with Crippen LogP contribution >= 0.6 is 0 Å². The number of hydrogen-bond donors (Lipinski definition) is 0. The number of carbonyl (C=O) groups is 1. The van der Waals surface area contributed by atoms with Crippen molar-refractivity contribution in [3.05, 3.63) is 56.4 Å². The summed E-state index contributed by atoms with van der Waals surface area (Å²) in [6, 6.07) is 4.68. The maximum atomic E-state index is 13.1. The molecule has 0 radical (unpaired) electrons. The molecule has 1 aliphatic rings. The number of rotatable bonds is 4. The molecule has 1 aliphatic heterocycles. The van der Waals surface area contributed by atoms with Crippen molar-refractivity contribution in [3.63, 3.8) is 0 Å². The van der Waals surface area contributed by atoms with E-state index in [0.29, 0.717) is 52.6 Å². The Hall–Kier alpha value is -3.24. The molecule has 31 heavy (non-hydrogen) atoms. The van der Waals surface area contributed by atoms with Gasteiger partial charge in [0.1, 0.15) is 17.5 Å². The predicted molar refractivity (Wildman–Crippen MR) is 105 cm³/mol. The molecule has 0 fully saturated rings. The topological polar surface area (TPSA) is 82.8 Å². The van der Waals surface area contributed by atoms with Crippen LogP contribution in [-0.4, -0.2) is 39.8 Å². The van der Waals surface area contributed by atoms with E-state index in [2.05, 4.69) is 0 Å². The second-order valence-electron chi connectivity index (χ2n) is 6.95. The molecule has 2 aromatic rings. The first-order valence-corrected chi connectivity index (χ1v) is 9.71. The number of carbonyl (C=O) groups excluding carboxylic acids is 1. The van der Waals surface area contributed by atoms with Gasteiger partial charge in [-0.25, -0.2) is 14.2 Å². The second-order valence-corrected chi connectivity index (χ2v) is 6.95. The van der Waals surface area contributed by atoms with Crippen molar-refractivity contribution in [3.8, 4) is 11.4 Å². The fourth-order valence-electron chi connectivity index (χ4n) is 3.43. The summed E-state index contributed by atoms with van der Waals surface area (Å²) in [5.74, 6) is 0.407. The smallest absolute Gasteiger partial charge is 0.431 e. The SMILES string of the molecule is CCN(CC)C(=O)OC1CCOc2ccc(-n3c(=O)cc(C(F)(F)F)n(C)c3=O)cc21. The van der Waals surface area contributed by atoms with Crippen molar-refractivity contribution in [1.82, 2.24) is 14.0 Å². The Labute approximate surface area is 175 Å². The molecule has 8 nitrogen and oxygen atoms in total. The van der Waals surface area contributed by atoms with Crippen LogP contribution in [0.4, 0.5) is 18.0 Å². The largest absolute Gasteiger partial charge is 0.493 e. The number of aromatic nitrogens is 2. The summed E-state index contributed by atoms with van der Waals surface area (Å²) in [5, 5.41) is 0. The minimum atomic E-state index is -4.85. The molecule has 1 amide bonds. The van der Waals surface area contributed by atoms with E-state index in [0.717, 1.165) is 7.05 Å². The van der Waals surface area contributed by atoms with Gasteiger partial charge in [0.15, 0.2) is 0 Å². The van der Waals surface area contributed by atoms with Crippen LogP contribution in [0.5, 0.6) is 5.75 Å². The lowest BCUT2D eigenvalue weighted by Gasteiger charge is -2.28. The third-order valence-corrected chi connectivity index (χ3v) is 5.11. The van der Waals surface area contributed by atoms with E-state index >= 15 is 0 Å². The van der Waals surface area contributed by atoms with Gasteiger partial charge in [-0.05, 0) is 32.0 Å². The summed E-state index contributed by atoms with van der Waals surface area (Å²) in [6.45, 7) is 4.84. The third kappa shape index (κ3) is 4.30. The number of amides is 1. The Morgan fingerprint density at radius 2 is 1.90 bits per heavy atom. The molecule has 11 heteroatoms. The number of ether oxygens (including phenoxy) is 2. The van der Waals surface area contributed by atoms with Gasteiger partial charge in [-0.3, -0.25) is 9.36 Å². The monoisotopic (exact) mass is 441 g/mol. The Kier molecular flexibility index (Phi) is 6.14. The van der Waals surface area contributed by atoms with Crippen LogP contribution in [-0.2, 0) is 18.0 Å². The van der Waals surface area contributed by atoms with E-state index in [1.165, 1.54) is 23.1 Å². The molecule has 1 aromatic carbocycles. The fourth-order valence-corrected chi connectivity index (χ4v) is 3.43. The first-order valence-electron chi connectivity index (χ1n) is 9.71. The summed E-state index contributed by atoms with van der Waals surface area (Å²) < 4.78 is 51.4. The van der Waals surface area contributed by atoms with Crippen LogP contribution in [0.15, 0.2) is 33.9 Å². The molecule has 1 atom stereocenters. The lowest BCUT2D eigenvalue weighted by Crippen LogP contribution is -2.40. The van der Waals surface area contributed by atoms with Crippen LogP contribution < -0.4 is 16.0 Å². The van der Waals surface area contributed by atoms with Gasteiger partial charge in [0.25, 0.3) is 5.56 Å². The van der Waals surface area contributed by atoms with Crippen molar-refractivity contribution >= 4 is 6.09 Å². The van der Waals surface area contributed by atoms with Gasteiger partial charge in [-0.2, -0.15) is 13.2 Å². The molecule has 2 heterocycles. The van der Waals surface area contributed by atoms with Crippen LogP contribution in [0.1, 0.15) is 37.6 Å². The normalized spacial score (nSPS) is 15.7. The first kappa shape index (κ1) is 22.4. The summed E-state index contributed by atoms with van der Waals surface area (Å²) in [4.78, 5) is 38.8. The quantitative estimate of drug-likeness (QED) is 0.729. The number of halogens is 3. The molecule has 168 valence electrons. The van der Waals surface area contributed by atoms with Gasteiger partial charge in [0.05, 0.1) is 12.3 Å². The molecule has 0 saturated carbocycles. The van der Waals surface area contributed by atoms with Crippen molar-refractivity contribution < 1.29 is 27.4 Å². The van der Waals surface area contributed by atoms with Gasteiger partial charge in [-0.1, -0.05) is 0 Å². The average molecular weight is 441 g/mol. The van der Waals surface area contributed by atoms with Crippen molar-refractivity contribution in [2.45, 2.75) is 32.5 Å². The Morgan fingerprint density at radius 3 is 2.52 bits per heavy atom. The number of hydrogen-bond acceptors (Lipinski definition) is 5. The van der Waals surface area contributed by atoms with Gasteiger partial charge in [0, 0.05) is 38.2 Å². The molecular weight excluding hydrogens is 419 g/mol. The molecule has 0 spiro atoms. The summed E-state index contributed by atoms with van der Waals surface area (Å²) >= 11 is 0. The van der Waals surface area contributed by atoms with Gasteiger partial charge in [-0.15, -0.1) is 0 Å². The highest BCUT2D eigenvalue weighted by atomic mass is 19.4. The van der Waals surface area contributed by atoms with Gasteiger partial charge < -0.3 is 14.4 Å². The molecule has 0 N–H and O–H groups in total. The van der Waals surface area contributed by atoms with Crippen LogP contribution in [0, 0.1) is 0 Å². The molecule has 3 rings (SSSR count). The van der Waals surface area contributed by atoms with Crippen LogP contribution in [0.25, 0.3) is 5.69 Å². The average Bonchev–Trinajstić information content (AvgIpc) is 2.71. The fraction of sp³-hybridized carbons (Fsp3) is 0.450. The molecule has 1 aromatic heterocycles. The highest BCUT2D eigenvalue weighted by molar-refractivity contribution is 5.68. The summed E-state index contributed by atoms with van der Waals surface area (Å²) in [6.07, 6.45) is -5.70. The van der Waals surface area contributed by atoms with E-state index in [4.69, 9.17) is 9.47 Å².